The van der Waals surface area contributed by atoms with Crippen LogP contribution in [0.3, 0.4) is 0 Å². The van der Waals surface area contributed by atoms with E-state index in [9.17, 15) is 9.90 Å². The van der Waals surface area contributed by atoms with Crippen LogP contribution in [0, 0.1) is 5.92 Å². The van der Waals surface area contributed by atoms with Crippen molar-refractivity contribution in [2.24, 2.45) is 5.92 Å². The summed E-state index contributed by atoms with van der Waals surface area (Å²) >= 11 is 0. The van der Waals surface area contributed by atoms with Gasteiger partial charge in [-0.05, 0) is 26.7 Å². The van der Waals surface area contributed by atoms with Crippen LogP contribution in [-0.4, -0.2) is 35.7 Å². The van der Waals surface area contributed by atoms with Crippen LogP contribution in [0.15, 0.2) is 0 Å². The molecular formula is C13H28N2O2. The zero-order valence-corrected chi connectivity index (χ0v) is 11.8. The summed E-state index contributed by atoms with van der Waals surface area (Å²) in [5.74, 6) is 0.291. The van der Waals surface area contributed by atoms with Gasteiger partial charge in [0.05, 0.1) is 12.1 Å². The summed E-state index contributed by atoms with van der Waals surface area (Å²) in [5.41, 5.74) is 0. The highest BCUT2D eigenvalue weighted by Gasteiger charge is 2.18. The van der Waals surface area contributed by atoms with Gasteiger partial charge in [-0.3, -0.25) is 4.79 Å². The standard InChI is InChI=1S/C13H28N2O2/c1-6-11(7-2)12(16)8-14-10(5)13(17)15-9(3)4/h9-12,14,16H,6-8H2,1-5H3,(H,15,17). The molecule has 0 heterocycles. The van der Waals surface area contributed by atoms with Gasteiger partial charge in [0.15, 0.2) is 0 Å². The molecule has 0 aromatic carbocycles. The Bertz CT molecular complexity index is 215. The zero-order valence-electron chi connectivity index (χ0n) is 11.8. The summed E-state index contributed by atoms with van der Waals surface area (Å²) in [6, 6.07) is -0.114. The minimum Gasteiger partial charge on any atom is -0.392 e. The smallest absolute Gasteiger partial charge is 0.237 e. The van der Waals surface area contributed by atoms with Crippen LogP contribution in [0.2, 0.25) is 0 Å². The van der Waals surface area contributed by atoms with E-state index in [2.05, 4.69) is 24.5 Å². The highest BCUT2D eigenvalue weighted by Crippen LogP contribution is 2.12. The fourth-order valence-electron chi connectivity index (χ4n) is 1.80. The molecule has 0 radical (unpaired) electrons. The number of aliphatic hydroxyl groups is 1. The third-order valence-electron chi connectivity index (χ3n) is 3.05. The zero-order chi connectivity index (χ0) is 13.4. The van der Waals surface area contributed by atoms with Crippen LogP contribution < -0.4 is 10.6 Å². The van der Waals surface area contributed by atoms with Gasteiger partial charge in [-0.2, -0.15) is 0 Å². The van der Waals surface area contributed by atoms with Crippen molar-refractivity contribution in [3.05, 3.63) is 0 Å². The molecule has 0 aliphatic heterocycles. The van der Waals surface area contributed by atoms with Crippen molar-refractivity contribution in [3.63, 3.8) is 0 Å². The molecule has 1 amide bonds. The van der Waals surface area contributed by atoms with E-state index in [1.807, 2.05) is 20.8 Å². The first-order chi connectivity index (χ1) is 7.92. The molecule has 0 spiro atoms. The van der Waals surface area contributed by atoms with E-state index < -0.39 is 0 Å². The number of rotatable bonds is 8. The Labute approximate surface area is 105 Å². The van der Waals surface area contributed by atoms with Gasteiger partial charge in [-0.25, -0.2) is 0 Å². The number of hydrogen-bond acceptors (Lipinski definition) is 3. The molecule has 0 fully saturated rings. The number of nitrogens with one attached hydrogen (secondary N) is 2. The second-order valence-electron chi connectivity index (χ2n) is 4.94. The summed E-state index contributed by atoms with van der Waals surface area (Å²) < 4.78 is 0. The number of carbonyl (C=O) groups excluding carboxylic acids is 1. The molecule has 4 heteroatoms. The van der Waals surface area contributed by atoms with Gasteiger partial charge in [0.25, 0.3) is 0 Å². The van der Waals surface area contributed by atoms with E-state index in [1.165, 1.54) is 0 Å². The maximum atomic E-state index is 11.6. The molecule has 2 unspecified atom stereocenters. The summed E-state index contributed by atoms with van der Waals surface area (Å²) in [6.45, 7) is 10.3. The van der Waals surface area contributed by atoms with Crippen LogP contribution in [0.5, 0.6) is 0 Å². The summed E-state index contributed by atoms with van der Waals surface area (Å²) in [5, 5.41) is 15.8. The lowest BCUT2D eigenvalue weighted by Gasteiger charge is -2.23. The molecule has 0 saturated heterocycles. The first-order valence-corrected chi connectivity index (χ1v) is 6.64. The van der Waals surface area contributed by atoms with Crippen LogP contribution in [0.4, 0.5) is 0 Å². The molecule has 102 valence electrons. The minimum absolute atomic E-state index is 0.0169. The van der Waals surface area contributed by atoms with Crippen LogP contribution in [-0.2, 0) is 4.79 Å². The maximum Gasteiger partial charge on any atom is 0.237 e. The average molecular weight is 244 g/mol. The quantitative estimate of drug-likeness (QED) is 0.603. The number of amides is 1. The lowest BCUT2D eigenvalue weighted by atomic mass is 9.96. The van der Waals surface area contributed by atoms with Gasteiger partial charge in [-0.1, -0.05) is 26.7 Å². The molecule has 2 atom stereocenters. The lowest BCUT2D eigenvalue weighted by Crippen LogP contribution is -2.47. The molecule has 0 aliphatic rings. The van der Waals surface area contributed by atoms with Gasteiger partial charge in [0.2, 0.25) is 5.91 Å². The molecule has 0 aliphatic carbocycles. The van der Waals surface area contributed by atoms with Crippen molar-refractivity contribution in [1.82, 2.24) is 10.6 Å². The number of aliphatic hydroxyl groups excluding tert-OH is 1. The van der Waals surface area contributed by atoms with Crippen molar-refractivity contribution in [2.45, 2.75) is 65.6 Å². The second-order valence-corrected chi connectivity index (χ2v) is 4.94. The Kier molecular flexibility index (Phi) is 8.17. The molecular weight excluding hydrogens is 216 g/mol. The Morgan fingerprint density at radius 1 is 1.18 bits per heavy atom. The molecule has 17 heavy (non-hydrogen) atoms. The van der Waals surface area contributed by atoms with E-state index in [0.717, 1.165) is 12.8 Å². The van der Waals surface area contributed by atoms with Crippen molar-refractivity contribution in [1.29, 1.82) is 0 Å². The minimum atomic E-state index is -0.376. The van der Waals surface area contributed by atoms with Crippen molar-refractivity contribution >= 4 is 5.91 Å². The largest absolute Gasteiger partial charge is 0.392 e. The van der Waals surface area contributed by atoms with E-state index in [-0.39, 0.29) is 24.1 Å². The van der Waals surface area contributed by atoms with Gasteiger partial charge in [0, 0.05) is 12.6 Å². The molecule has 4 nitrogen and oxygen atoms in total. The topological polar surface area (TPSA) is 61.4 Å². The predicted octanol–water partition coefficient (Wildman–Crippen LogP) is 1.29. The Morgan fingerprint density at radius 2 is 1.71 bits per heavy atom. The lowest BCUT2D eigenvalue weighted by molar-refractivity contribution is -0.123. The fraction of sp³-hybridized carbons (Fsp3) is 0.923. The van der Waals surface area contributed by atoms with E-state index in [0.29, 0.717) is 12.5 Å². The molecule has 3 N–H and O–H groups in total. The Morgan fingerprint density at radius 3 is 2.12 bits per heavy atom. The molecule has 0 aromatic rings. The Balaban J connectivity index is 3.97. The number of hydrogen-bond donors (Lipinski definition) is 3. The molecule has 0 saturated carbocycles. The third-order valence-corrected chi connectivity index (χ3v) is 3.05. The normalized spacial score (nSPS) is 15.1. The highest BCUT2D eigenvalue weighted by atomic mass is 16.3. The summed E-state index contributed by atoms with van der Waals surface area (Å²) in [7, 11) is 0. The molecule has 0 rings (SSSR count). The first-order valence-electron chi connectivity index (χ1n) is 6.64. The highest BCUT2D eigenvalue weighted by molar-refractivity contribution is 5.81. The average Bonchev–Trinajstić information content (AvgIpc) is 2.26. The number of carbonyl (C=O) groups is 1. The molecule has 0 bridgehead atoms. The van der Waals surface area contributed by atoms with Gasteiger partial charge < -0.3 is 15.7 Å². The van der Waals surface area contributed by atoms with Gasteiger partial charge in [-0.15, -0.1) is 0 Å². The second kappa shape index (κ2) is 8.48. The van der Waals surface area contributed by atoms with Crippen LogP contribution in [0.1, 0.15) is 47.5 Å². The van der Waals surface area contributed by atoms with Gasteiger partial charge in [0.1, 0.15) is 0 Å². The van der Waals surface area contributed by atoms with Crippen molar-refractivity contribution < 1.29 is 9.90 Å². The van der Waals surface area contributed by atoms with Crippen molar-refractivity contribution in [2.75, 3.05) is 6.54 Å². The van der Waals surface area contributed by atoms with Crippen molar-refractivity contribution in [3.8, 4) is 0 Å². The maximum absolute atomic E-state index is 11.6. The first kappa shape index (κ1) is 16.4. The summed E-state index contributed by atoms with van der Waals surface area (Å²) in [6.07, 6.45) is 1.55. The molecule has 0 aromatic heterocycles. The van der Waals surface area contributed by atoms with E-state index >= 15 is 0 Å². The monoisotopic (exact) mass is 244 g/mol. The predicted molar refractivity (Wildman–Crippen MR) is 70.8 cm³/mol. The SMILES string of the molecule is CCC(CC)C(O)CNC(C)C(=O)NC(C)C. The Hall–Kier alpha value is -0.610. The summed E-state index contributed by atoms with van der Waals surface area (Å²) in [4.78, 5) is 11.6. The fourth-order valence-corrected chi connectivity index (χ4v) is 1.80. The third kappa shape index (κ3) is 6.64. The van der Waals surface area contributed by atoms with Crippen LogP contribution in [0.25, 0.3) is 0 Å². The van der Waals surface area contributed by atoms with Gasteiger partial charge >= 0.3 is 0 Å². The van der Waals surface area contributed by atoms with Crippen LogP contribution >= 0.6 is 0 Å². The van der Waals surface area contributed by atoms with E-state index in [4.69, 9.17) is 0 Å². The van der Waals surface area contributed by atoms with E-state index in [1.54, 1.807) is 0 Å².